The molecule has 0 N–H and O–H groups in total. The largest absolute Gasteiger partial charge is 0.490 e. The average molecular weight is 345 g/mol. The maximum atomic E-state index is 6.09. The summed E-state index contributed by atoms with van der Waals surface area (Å²) in [5.74, 6) is 0.551. The predicted octanol–water partition coefficient (Wildman–Crippen LogP) is 5.55. The van der Waals surface area contributed by atoms with Gasteiger partial charge in [0.1, 0.15) is 12.4 Å². The Labute approximate surface area is 140 Å². The van der Waals surface area contributed by atoms with Gasteiger partial charge in [-0.2, -0.15) is 0 Å². The fourth-order valence-corrected chi connectivity index (χ4v) is 2.58. The molecule has 2 rings (SSSR count). The fourth-order valence-electron chi connectivity index (χ4n) is 1.99. The van der Waals surface area contributed by atoms with Gasteiger partial charge in [-0.05, 0) is 25.1 Å². The molecule has 0 unspecified atom stereocenters. The molecule has 21 heavy (non-hydrogen) atoms. The van der Waals surface area contributed by atoms with E-state index in [0.29, 0.717) is 27.4 Å². The molecule has 0 amide bonds. The molecule has 112 valence electrons. The van der Waals surface area contributed by atoms with Crippen LogP contribution in [-0.2, 0) is 0 Å². The van der Waals surface area contributed by atoms with Crippen LogP contribution >= 0.6 is 34.8 Å². The highest BCUT2D eigenvalue weighted by atomic mass is 35.5. The van der Waals surface area contributed by atoms with Crippen molar-refractivity contribution < 1.29 is 4.74 Å². The highest BCUT2D eigenvalue weighted by Crippen LogP contribution is 2.33. The lowest BCUT2D eigenvalue weighted by Crippen LogP contribution is -2.27. The molecule has 2 aromatic rings. The Kier molecular flexibility index (Phi) is 6.04. The highest BCUT2D eigenvalue weighted by molar-refractivity contribution is 6.43. The minimum atomic E-state index is 0.425. The Morgan fingerprint density at radius 3 is 2.29 bits per heavy atom. The summed E-state index contributed by atoms with van der Waals surface area (Å²) in [6.07, 6.45) is 0. The number of hydrogen-bond donors (Lipinski definition) is 0. The Morgan fingerprint density at radius 2 is 1.62 bits per heavy atom. The molecule has 0 heterocycles. The summed E-state index contributed by atoms with van der Waals surface area (Å²) in [7, 11) is 0. The lowest BCUT2D eigenvalue weighted by atomic mass is 10.3. The van der Waals surface area contributed by atoms with E-state index >= 15 is 0 Å². The summed E-state index contributed by atoms with van der Waals surface area (Å²) in [6, 6.07) is 13.4. The fraction of sp³-hybridized carbons (Fsp3) is 0.250. The van der Waals surface area contributed by atoms with E-state index in [1.165, 1.54) is 5.69 Å². The topological polar surface area (TPSA) is 12.5 Å². The predicted molar refractivity (Wildman–Crippen MR) is 91.3 cm³/mol. The van der Waals surface area contributed by atoms with Gasteiger partial charge >= 0.3 is 0 Å². The van der Waals surface area contributed by atoms with Crippen LogP contribution in [0.3, 0.4) is 0 Å². The van der Waals surface area contributed by atoms with Gasteiger partial charge in [0, 0.05) is 18.3 Å². The third-order valence-electron chi connectivity index (χ3n) is 3.10. The van der Waals surface area contributed by atoms with Gasteiger partial charge in [0.05, 0.1) is 21.6 Å². The van der Waals surface area contributed by atoms with E-state index in [1.807, 2.05) is 18.2 Å². The quantitative estimate of drug-likeness (QED) is 0.637. The van der Waals surface area contributed by atoms with E-state index in [9.17, 15) is 0 Å². The normalized spacial score (nSPS) is 10.5. The zero-order valence-corrected chi connectivity index (χ0v) is 13.9. The maximum Gasteiger partial charge on any atom is 0.139 e. The van der Waals surface area contributed by atoms with Crippen molar-refractivity contribution in [3.8, 4) is 5.75 Å². The maximum absolute atomic E-state index is 6.09. The number of para-hydroxylation sites is 1. The van der Waals surface area contributed by atoms with Gasteiger partial charge in [0.2, 0.25) is 0 Å². The molecule has 0 fully saturated rings. The van der Waals surface area contributed by atoms with Crippen LogP contribution in [0, 0.1) is 0 Å². The van der Waals surface area contributed by atoms with Crippen LogP contribution < -0.4 is 9.64 Å². The summed E-state index contributed by atoms with van der Waals surface area (Å²) in [4.78, 5) is 2.23. The van der Waals surface area contributed by atoms with Gasteiger partial charge in [-0.15, -0.1) is 0 Å². The van der Waals surface area contributed by atoms with Crippen molar-refractivity contribution in [3.05, 3.63) is 57.5 Å². The van der Waals surface area contributed by atoms with Crippen molar-refractivity contribution in [2.45, 2.75) is 6.92 Å². The van der Waals surface area contributed by atoms with Crippen molar-refractivity contribution in [2.24, 2.45) is 0 Å². The summed E-state index contributed by atoms with van der Waals surface area (Å²) < 4.78 is 5.71. The third kappa shape index (κ3) is 4.44. The van der Waals surface area contributed by atoms with Crippen molar-refractivity contribution in [2.75, 3.05) is 24.6 Å². The molecule has 2 nitrogen and oxygen atoms in total. The molecule has 0 saturated heterocycles. The Bertz CT molecular complexity index is 590. The van der Waals surface area contributed by atoms with Crippen molar-refractivity contribution in [1.82, 2.24) is 0 Å². The SMILES string of the molecule is CCN(CCOc1cc(Cl)c(Cl)cc1Cl)c1ccccc1. The number of likely N-dealkylation sites (N-methyl/N-ethyl adjacent to an activating group) is 1. The molecule has 0 radical (unpaired) electrons. The number of benzene rings is 2. The van der Waals surface area contributed by atoms with Gasteiger partial charge in [-0.1, -0.05) is 53.0 Å². The molecular weight excluding hydrogens is 329 g/mol. The van der Waals surface area contributed by atoms with Crippen LogP contribution in [0.25, 0.3) is 0 Å². The van der Waals surface area contributed by atoms with Gasteiger partial charge in [-0.25, -0.2) is 0 Å². The van der Waals surface area contributed by atoms with Crippen LogP contribution in [0.1, 0.15) is 6.92 Å². The number of nitrogens with zero attached hydrogens (tertiary/aromatic N) is 1. The standard InChI is InChI=1S/C16H16Cl3NO/c1-2-20(12-6-4-3-5-7-12)8-9-21-16-11-14(18)13(17)10-15(16)19/h3-7,10-11H,2,8-9H2,1H3. The molecule has 5 heteroatoms. The monoisotopic (exact) mass is 343 g/mol. The first-order chi connectivity index (χ1) is 10.1. The molecule has 0 spiro atoms. The first-order valence-electron chi connectivity index (χ1n) is 6.69. The third-order valence-corrected chi connectivity index (χ3v) is 4.11. The molecule has 0 atom stereocenters. The summed E-state index contributed by atoms with van der Waals surface area (Å²) >= 11 is 17.9. The second-order valence-corrected chi connectivity index (χ2v) is 5.68. The van der Waals surface area contributed by atoms with Crippen LogP contribution in [-0.4, -0.2) is 19.7 Å². The molecule has 0 bridgehead atoms. The molecule has 0 aliphatic carbocycles. The van der Waals surface area contributed by atoms with Gasteiger partial charge in [-0.3, -0.25) is 0 Å². The molecule has 0 saturated carbocycles. The van der Waals surface area contributed by atoms with Crippen molar-refractivity contribution in [3.63, 3.8) is 0 Å². The van der Waals surface area contributed by atoms with Crippen LogP contribution in [0.4, 0.5) is 5.69 Å². The Morgan fingerprint density at radius 1 is 0.952 bits per heavy atom. The molecule has 0 aliphatic rings. The van der Waals surface area contributed by atoms with Crippen LogP contribution in [0.5, 0.6) is 5.75 Å². The number of ether oxygens (including phenoxy) is 1. The molecule has 0 aliphatic heterocycles. The van der Waals surface area contributed by atoms with E-state index in [1.54, 1.807) is 12.1 Å². The van der Waals surface area contributed by atoms with Gasteiger partial charge in [0.15, 0.2) is 0 Å². The van der Waals surface area contributed by atoms with E-state index < -0.39 is 0 Å². The second-order valence-electron chi connectivity index (χ2n) is 4.46. The van der Waals surface area contributed by atoms with Gasteiger partial charge in [0.25, 0.3) is 0 Å². The zero-order chi connectivity index (χ0) is 15.2. The van der Waals surface area contributed by atoms with Crippen LogP contribution in [0.2, 0.25) is 15.1 Å². The molecule has 2 aromatic carbocycles. The smallest absolute Gasteiger partial charge is 0.139 e. The van der Waals surface area contributed by atoms with Crippen LogP contribution in [0.15, 0.2) is 42.5 Å². The van der Waals surface area contributed by atoms with Crippen molar-refractivity contribution in [1.29, 1.82) is 0 Å². The summed E-state index contributed by atoms with van der Waals surface area (Å²) in [5.41, 5.74) is 1.17. The highest BCUT2D eigenvalue weighted by Gasteiger charge is 2.08. The average Bonchev–Trinajstić information content (AvgIpc) is 2.49. The zero-order valence-electron chi connectivity index (χ0n) is 11.7. The first-order valence-corrected chi connectivity index (χ1v) is 7.82. The first kappa shape index (κ1) is 16.3. The number of hydrogen-bond acceptors (Lipinski definition) is 2. The molecular formula is C16H16Cl3NO. The van der Waals surface area contributed by atoms with E-state index in [2.05, 4.69) is 24.0 Å². The second kappa shape index (κ2) is 7.79. The minimum Gasteiger partial charge on any atom is -0.490 e. The van der Waals surface area contributed by atoms with E-state index in [-0.39, 0.29) is 0 Å². The van der Waals surface area contributed by atoms with E-state index in [4.69, 9.17) is 39.5 Å². The number of anilines is 1. The lowest BCUT2D eigenvalue weighted by Gasteiger charge is -2.23. The Balaban J connectivity index is 1.96. The summed E-state index contributed by atoms with van der Waals surface area (Å²) in [6.45, 7) is 4.29. The lowest BCUT2D eigenvalue weighted by molar-refractivity contribution is 0.324. The number of rotatable bonds is 6. The number of halogens is 3. The summed E-state index contributed by atoms with van der Waals surface area (Å²) in [5, 5.41) is 1.33. The Hall–Kier alpha value is -1.09. The van der Waals surface area contributed by atoms with E-state index in [0.717, 1.165) is 13.1 Å². The van der Waals surface area contributed by atoms with Crippen molar-refractivity contribution >= 4 is 40.5 Å². The molecule has 0 aromatic heterocycles. The minimum absolute atomic E-state index is 0.425. The van der Waals surface area contributed by atoms with Gasteiger partial charge < -0.3 is 9.64 Å².